The Hall–Kier alpha value is -1.21. The second-order valence-corrected chi connectivity index (χ2v) is 6.70. The van der Waals surface area contributed by atoms with Crippen molar-refractivity contribution in [2.24, 2.45) is 0 Å². The highest BCUT2D eigenvalue weighted by molar-refractivity contribution is 7.17. The Morgan fingerprint density at radius 2 is 1.74 bits per heavy atom. The molecule has 1 aliphatic heterocycles. The monoisotopic (exact) mass is 275 g/mol. The topological polar surface area (TPSA) is 53.0 Å². The minimum absolute atomic E-state index is 0.624. The highest BCUT2D eigenvalue weighted by Gasteiger charge is 2.33. The first-order chi connectivity index (χ1) is 9.31. The molecule has 2 N–H and O–H groups in total. The standard InChI is InChI=1S/C15H21N3S/c16-10-12-14(17)13(11-6-7-11)15(19-12)18-8-4-2-1-3-5-9-18/h11H,1-9,17H2. The van der Waals surface area contributed by atoms with E-state index in [4.69, 9.17) is 5.73 Å². The molecule has 3 rings (SSSR count). The fourth-order valence-corrected chi connectivity index (χ4v) is 4.14. The fraction of sp³-hybridized carbons (Fsp3) is 0.667. The third-order valence-corrected chi connectivity index (χ3v) is 5.38. The molecule has 0 amide bonds. The Morgan fingerprint density at radius 3 is 2.32 bits per heavy atom. The van der Waals surface area contributed by atoms with Crippen molar-refractivity contribution in [1.82, 2.24) is 0 Å². The first-order valence-electron chi connectivity index (χ1n) is 7.38. The number of nitriles is 1. The average Bonchev–Trinajstić information content (AvgIpc) is 3.14. The summed E-state index contributed by atoms with van der Waals surface area (Å²) in [6.45, 7) is 2.26. The fourth-order valence-electron chi connectivity index (χ4n) is 2.98. The van der Waals surface area contributed by atoms with E-state index in [2.05, 4.69) is 11.0 Å². The van der Waals surface area contributed by atoms with Crippen LogP contribution in [0.25, 0.3) is 0 Å². The lowest BCUT2D eigenvalue weighted by Gasteiger charge is -2.26. The smallest absolute Gasteiger partial charge is 0.130 e. The third kappa shape index (κ3) is 2.57. The van der Waals surface area contributed by atoms with Crippen molar-refractivity contribution in [3.05, 3.63) is 10.4 Å². The van der Waals surface area contributed by atoms with Gasteiger partial charge in [0.1, 0.15) is 10.9 Å². The van der Waals surface area contributed by atoms with Crippen LogP contribution in [0.3, 0.4) is 0 Å². The number of anilines is 2. The van der Waals surface area contributed by atoms with Gasteiger partial charge in [-0.25, -0.2) is 0 Å². The number of hydrogen-bond acceptors (Lipinski definition) is 4. The number of nitrogens with zero attached hydrogens (tertiary/aromatic N) is 2. The van der Waals surface area contributed by atoms with Crippen molar-refractivity contribution < 1.29 is 0 Å². The molecule has 19 heavy (non-hydrogen) atoms. The zero-order chi connectivity index (χ0) is 13.2. The molecule has 0 atom stereocenters. The molecular weight excluding hydrogens is 254 g/mol. The van der Waals surface area contributed by atoms with E-state index in [1.54, 1.807) is 11.3 Å². The zero-order valence-electron chi connectivity index (χ0n) is 11.3. The normalized spacial score (nSPS) is 20.7. The van der Waals surface area contributed by atoms with Crippen LogP contribution in [0.2, 0.25) is 0 Å². The van der Waals surface area contributed by atoms with Crippen molar-refractivity contribution in [1.29, 1.82) is 5.26 Å². The number of nitrogens with two attached hydrogens (primary N) is 1. The maximum atomic E-state index is 9.22. The van der Waals surface area contributed by atoms with Crippen LogP contribution in [0.4, 0.5) is 10.7 Å². The molecule has 4 heteroatoms. The van der Waals surface area contributed by atoms with E-state index in [-0.39, 0.29) is 0 Å². The van der Waals surface area contributed by atoms with Crippen molar-refractivity contribution in [2.75, 3.05) is 23.7 Å². The van der Waals surface area contributed by atoms with Crippen LogP contribution >= 0.6 is 11.3 Å². The molecular formula is C15H21N3S. The van der Waals surface area contributed by atoms with Gasteiger partial charge in [0.2, 0.25) is 0 Å². The van der Waals surface area contributed by atoms with Crippen LogP contribution in [-0.2, 0) is 0 Å². The molecule has 0 radical (unpaired) electrons. The SMILES string of the molecule is N#Cc1sc(N2CCCCCCC2)c(C2CC2)c1N. The van der Waals surface area contributed by atoms with Crippen molar-refractivity contribution in [2.45, 2.75) is 50.9 Å². The van der Waals surface area contributed by atoms with E-state index in [0.29, 0.717) is 5.92 Å². The molecule has 2 aliphatic rings. The van der Waals surface area contributed by atoms with Crippen LogP contribution in [0.5, 0.6) is 0 Å². The van der Waals surface area contributed by atoms with Gasteiger partial charge in [0, 0.05) is 18.7 Å². The molecule has 0 spiro atoms. The van der Waals surface area contributed by atoms with Gasteiger partial charge in [-0.15, -0.1) is 11.3 Å². The molecule has 1 aliphatic carbocycles. The van der Waals surface area contributed by atoms with E-state index in [0.717, 1.165) is 23.7 Å². The Labute approximate surface area is 119 Å². The van der Waals surface area contributed by atoms with Gasteiger partial charge >= 0.3 is 0 Å². The number of nitrogen functional groups attached to an aromatic ring is 1. The molecule has 3 nitrogen and oxygen atoms in total. The lowest BCUT2D eigenvalue weighted by atomic mass is 10.1. The van der Waals surface area contributed by atoms with Gasteiger partial charge in [0.05, 0.1) is 10.7 Å². The molecule has 2 heterocycles. The van der Waals surface area contributed by atoms with Gasteiger partial charge in [0.15, 0.2) is 0 Å². The van der Waals surface area contributed by atoms with Gasteiger partial charge in [0.25, 0.3) is 0 Å². The molecule has 2 fully saturated rings. The van der Waals surface area contributed by atoms with Gasteiger partial charge in [-0.05, 0) is 31.6 Å². The number of thiophene rings is 1. The number of hydrogen-bond donors (Lipinski definition) is 1. The quantitative estimate of drug-likeness (QED) is 0.892. The Balaban J connectivity index is 1.91. The summed E-state index contributed by atoms with van der Waals surface area (Å²) in [6.07, 6.45) is 9.06. The summed E-state index contributed by atoms with van der Waals surface area (Å²) in [7, 11) is 0. The molecule has 102 valence electrons. The van der Waals surface area contributed by atoms with Crippen molar-refractivity contribution in [3.8, 4) is 6.07 Å². The molecule has 1 saturated carbocycles. The van der Waals surface area contributed by atoms with Crippen molar-refractivity contribution in [3.63, 3.8) is 0 Å². The number of rotatable bonds is 2. The first kappa shape index (κ1) is 12.8. The molecule has 0 aromatic carbocycles. The summed E-state index contributed by atoms with van der Waals surface area (Å²) in [5.41, 5.74) is 8.26. The molecule has 1 aromatic rings. The molecule has 1 saturated heterocycles. The maximum Gasteiger partial charge on any atom is 0.130 e. The van der Waals surface area contributed by atoms with Crippen LogP contribution in [0.15, 0.2) is 0 Å². The minimum atomic E-state index is 0.624. The lowest BCUT2D eigenvalue weighted by molar-refractivity contribution is 0.557. The third-order valence-electron chi connectivity index (χ3n) is 4.19. The average molecular weight is 275 g/mol. The first-order valence-corrected chi connectivity index (χ1v) is 8.20. The molecule has 0 unspecified atom stereocenters. The summed E-state index contributed by atoms with van der Waals surface area (Å²) >= 11 is 1.62. The summed E-state index contributed by atoms with van der Waals surface area (Å²) < 4.78 is 0. The minimum Gasteiger partial charge on any atom is -0.397 e. The summed E-state index contributed by atoms with van der Waals surface area (Å²) in [6, 6.07) is 2.27. The van der Waals surface area contributed by atoms with E-state index in [1.165, 1.54) is 55.5 Å². The largest absolute Gasteiger partial charge is 0.397 e. The van der Waals surface area contributed by atoms with Gasteiger partial charge in [-0.3, -0.25) is 0 Å². The Bertz CT molecular complexity index is 488. The van der Waals surface area contributed by atoms with Gasteiger partial charge in [-0.2, -0.15) is 5.26 Å². The predicted octanol–water partition coefficient (Wildman–Crippen LogP) is 3.85. The maximum absolute atomic E-state index is 9.22. The zero-order valence-corrected chi connectivity index (χ0v) is 12.1. The van der Waals surface area contributed by atoms with E-state index in [9.17, 15) is 5.26 Å². The predicted molar refractivity (Wildman–Crippen MR) is 80.7 cm³/mol. The molecule has 1 aromatic heterocycles. The van der Waals surface area contributed by atoms with E-state index in [1.807, 2.05) is 0 Å². The van der Waals surface area contributed by atoms with Crippen LogP contribution in [0.1, 0.15) is 61.3 Å². The second kappa shape index (κ2) is 5.42. The van der Waals surface area contributed by atoms with Gasteiger partial charge in [-0.1, -0.05) is 19.3 Å². The Morgan fingerprint density at radius 1 is 1.11 bits per heavy atom. The molecule has 0 bridgehead atoms. The van der Waals surface area contributed by atoms with Crippen molar-refractivity contribution >= 4 is 22.0 Å². The van der Waals surface area contributed by atoms with Crippen LogP contribution in [-0.4, -0.2) is 13.1 Å². The lowest BCUT2D eigenvalue weighted by Crippen LogP contribution is -2.27. The van der Waals surface area contributed by atoms with E-state index >= 15 is 0 Å². The van der Waals surface area contributed by atoms with E-state index < -0.39 is 0 Å². The van der Waals surface area contributed by atoms with Crippen LogP contribution in [0, 0.1) is 11.3 Å². The Kier molecular flexibility index (Phi) is 3.65. The van der Waals surface area contributed by atoms with Gasteiger partial charge < -0.3 is 10.6 Å². The van der Waals surface area contributed by atoms with Crippen LogP contribution < -0.4 is 10.6 Å². The summed E-state index contributed by atoms with van der Waals surface area (Å²) in [5.74, 6) is 0.624. The summed E-state index contributed by atoms with van der Waals surface area (Å²) in [5, 5.41) is 10.5. The summed E-state index contributed by atoms with van der Waals surface area (Å²) in [4.78, 5) is 3.22. The highest BCUT2D eigenvalue weighted by atomic mass is 32.1. The second-order valence-electron chi connectivity index (χ2n) is 5.70. The highest BCUT2D eigenvalue weighted by Crippen LogP contribution is 2.52.